The van der Waals surface area contributed by atoms with E-state index in [2.05, 4.69) is 48.9 Å². The lowest BCUT2D eigenvalue weighted by Gasteiger charge is -2.20. The molecule has 2 unspecified atom stereocenters. The summed E-state index contributed by atoms with van der Waals surface area (Å²) < 4.78 is 0. The third-order valence-electron chi connectivity index (χ3n) is 3.15. The van der Waals surface area contributed by atoms with Gasteiger partial charge in [0.25, 0.3) is 0 Å². The highest BCUT2D eigenvalue weighted by atomic mass is 79.9. The number of hydrogen-bond acceptors (Lipinski definition) is 1. The summed E-state index contributed by atoms with van der Waals surface area (Å²) in [6.45, 7) is 8.65. The SMILES string of the molecule is CC(C)C(Br)C(=O)NC1CCC(C)(C)C1. The van der Waals surface area contributed by atoms with Crippen LogP contribution >= 0.6 is 15.9 Å². The maximum Gasteiger partial charge on any atom is 0.234 e. The van der Waals surface area contributed by atoms with E-state index in [4.69, 9.17) is 0 Å². The van der Waals surface area contributed by atoms with Crippen molar-refractivity contribution in [2.75, 3.05) is 0 Å². The summed E-state index contributed by atoms with van der Waals surface area (Å²) in [4.78, 5) is 11.7. The zero-order chi connectivity index (χ0) is 11.6. The van der Waals surface area contributed by atoms with Gasteiger partial charge in [-0.05, 0) is 30.6 Å². The molecule has 1 aliphatic carbocycles. The number of hydrogen-bond donors (Lipinski definition) is 1. The molecule has 88 valence electrons. The lowest BCUT2D eigenvalue weighted by atomic mass is 9.92. The van der Waals surface area contributed by atoms with Crippen molar-refractivity contribution < 1.29 is 4.79 Å². The molecular formula is C12H22BrNO. The lowest BCUT2D eigenvalue weighted by molar-refractivity contribution is -0.121. The van der Waals surface area contributed by atoms with E-state index < -0.39 is 0 Å². The smallest absolute Gasteiger partial charge is 0.234 e. The molecule has 3 heteroatoms. The Balaban J connectivity index is 2.40. The fraction of sp³-hybridized carbons (Fsp3) is 0.917. The molecule has 0 radical (unpaired) electrons. The van der Waals surface area contributed by atoms with Crippen LogP contribution in [0.5, 0.6) is 0 Å². The third-order valence-corrected chi connectivity index (χ3v) is 4.62. The Morgan fingerprint density at radius 3 is 2.47 bits per heavy atom. The molecule has 2 atom stereocenters. The average molecular weight is 276 g/mol. The molecule has 1 N–H and O–H groups in total. The number of carbonyl (C=O) groups is 1. The Hall–Kier alpha value is -0.0500. The van der Waals surface area contributed by atoms with Crippen LogP contribution < -0.4 is 5.32 Å². The van der Waals surface area contributed by atoms with E-state index in [0.717, 1.165) is 12.8 Å². The van der Waals surface area contributed by atoms with Gasteiger partial charge in [-0.3, -0.25) is 4.79 Å². The van der Waals surface area contributed by atoms with Gasteiger partial charge in [-0.1, -0.05) is 43.6 Å². The predicted octanol–water partition coefficient (Wildman–Crippen LogP) is 3.10. The van der Waals surface area contributed by atoms with Crippen molar-refractivity contribution in [1.29, 1.82) is 0 Å². The van der Waals surface area contributed by atoms with Crippen LogP contribution in [0, 0.1) is 11.3 Å². The van der Waals surface area contributed by atoms with E-state index in [9.17, 15) is 4.79 Å². The number of halogens is 1. The van der Waals surface area contributed by atoms with E-state index in [0.29, 0.717) is 17.4 Å². The first-order chi connectivity index (χ1) is 6.82. The zero-order valence-electron chi connectivity index (χ0n) is 10.1. The van der Waals surface area contributed by atoms with E-state index in [1.54, 1.807) is 0 Å². The molecular weight excluding hydrogens is 254 g/mol. The molecule has 0 saturated heterocycles. The second kappa shape index (κ2) is 4.86. The topological polar surface area (TPSA) is 29.1 Å². The van der Waals surface area contributed by atoms with Crippen molar-refractivity contribution in [3.63, 3.8) is 0 Å². The minimum absolute atomic E-state index is 0.0544. The largest absolute Gasteiger partial charge is 0.352 e. The second-order valence-corrected chi connectivity index (χ2v) is 6.74. The van der Waals surface area contributed by atoms with Crippen LogP contribution in [0.3, 0.4) is 0 Å². The maximum absolute atomic E-state index is 11.8. The molecule has 15 heavy (non-hydrogen) atoms. The van der Waals surface area contributed by atoms with Crippen LogP contribution in [0.2, 0.25) is 0 Å². The lowest BCUT2D eigenvalue weighted by Crippen LogP contribution is -2.40. The Morgan fingerprint density at radius 1 is 1.47 bits per heavy atom. The first-order valence-corrected chi connectivity index (χ1v) is 6.68. The molecule has 0 aromatic carbocycles. The second-order valence-electron chi connectivity index (χ2n) is 5.76. The zero-order valence-corrected chi connectivity index (χ0v) is 11.7. The molecule has 2 nitrogen and oxygen atoms in total. The van der Waals surface area contributed by atoms with Crippen LogP contribution in [-0.4, -0.2) is 16.8 Å². The molecule has 1 aliphatic rings. The number of rotatable bonds is 3. The van der Waals surface area contributed by atoms with E-state index >= 15 is 0 Å². The van der Waals surface area contributed by atoms with Gasteiger partial charge in [0.1, 0.15) is 0 Å². The van der Waals surface area contributed by atoms with Gasteiger partial charge < -0.3 is 5.32 Å². The number of alkyl halides is 1. The van der Waals surface area contributed by atoms with E-state index in [1.165, 1.54) is 6.42 Å². The van der Waals surface area contributed by atoms with Crippen LogP contribution in [0.1, 0.15) is 47.0 Å². The number of nitrogens with one attached hydrogen (secondary N) is 1. The summed E-state index contributed by atoms with van der Waals surface area (Å²) in [7, 11) is 0. The summed E-state index contributed by atoms with van der Waals surface area (Å²) in [5, 5.41) is 3.13. The number of amides is 1. The predicted molar refractivity (Wildman–Crippen MR) is 67.1 cm³/mol. The summed E-state index contributed by atoms with van der Waals surface area (Å²) in [5.41, 5.74) is 0.400. The molecule has 1 rings (SSSR count). The minimum atomic E-state index is -0.0544. The van der Waals surface area contributed by atoms with Gasteiger partial charge in [-0.2, -0.15) is 0 Å². The summed E-state index contributed by atoms with van der Waals surface area (Å²) in [5.74, 6) is 0.493. The first-order valence-electron chi connectivity index (χ1n) is 5.76. The fourth-order valence-corrected chi connectivity index (χ4v) is 2.28. The van der Waals surface area contributed by atoms with Crippen molar-refractivity contribution in [3.8, 4) is 0 Å². The van der Waals surface area contributed by atoms with Crippen molar-refractivity contribution in [2.45, 2.75) is 57.8 Å². The van der Waals surface area contributed by atoms with Crippen LogP contribution in [-0.2, 0) is 4.79 Å². The van der Waals surface area contributed by atoms with Gasteiger partial charge >= 0.3 is 0 Å². The van der Waals surface area contributed by atoms with Crippen molar-refractivity contribution >= 4 is 21.8 Å². The summed E-state index contributed by atoms with van der Waals surface area (Å²) in [6.07, 6.45) is 3.44. The van der Waals surface area contributed by atoms with Gasteiger partial charge in [0.15, 0.2) is 0 Å². The summed E-state index contributed by atoms with van der Waals surface area (Å²) >= 11 is 3.43. The fourth-order valence-electron chi connectivity index (χ4n) is 2.14. The van der Waals surface area contributed by atoms with Crippen molar-refractivity contribution in [1.82, 2.24) is 5.32 Å². The maximum atomic E-state index is 11.8. The molecule has 1 amide bonds. The highest BCUT2D eigenvalue weighted by Gasteiger charge is 2.32. The molecule has 0 aliphatic heterocycles. The molecule has 1 saturated carbocycles. The molecule has 0 spiro atoms. The molecule has 0 aromatic rings. The Morgan fingerprint density at radius 2 is 2.07 bits per heavy atom. The quantitative estimate of drug-likeness (QED) is 0.788. The van der Waals surface area contributed by atoms with Crippen LogP contribution in [0.4, 0.5) is 0 Å². The van der Waals surface area contributed by atoms with Crippen LogP contribution in [0.15, 0.2) is 0 Å². The van der Waals surface area contributed by atoms with Crippen molar-refractivity contribution in [2.24, 2.45) is 11.3 Å². The third kappa shape index (κ3) is 3.78. The minimum Gasteiger partial charge on any atom is -0.352 e. The normalized spacial score (nSPS) is 26.7. The van der Waals surface area contributed by atoms with Crippen LogP contribution in [0.25, 0.3) is 0 Å². The molecule has 0 aromatic heterocycles. The molecule has 0 bridgehead atoms. The summed E-state index contributed by atoms with van der Waals surface area (Å²) in [6, 6.07) is 0.381. The van der Waals surface area contributed by atoms with Gasteiger partial charge in [0.2, 0.25) is 5.91 Å². The van der Waals surface area contributed by atoms with Crippen molar-refractivity contribution in [3.05, 3.63) is 0 Å². The average Bonchev–Trinajstić information content (AvgIpc) is 2.43. The standard InChI is InChI=1S/C12H22BrNO/c1-8(2)10(13)11(15)14-9-5-6-12(3,4)7-9/h8-10H,5-7H2,1-4H3,(H,14,15). The monoisotopic (exact) mass is 275 g/mol. The number of carbonyl (C=O) groups excluding carboxylic acids is 1. The van der Waals surface area contributed by atoms with E-state index in [-0.39, 0.29) is 10.7 Å². The highest BCUT2D eigenvalue weighted by Crippen LogP contribution is 2.37. The Labute approximate surface area is 101 Å². The van der Waals surface area contributed by atoms with Gasteiger partial charge in [0, 0.05) is 6.04 Å². The Bertz CT molecular complexity index is 238. The van der Waals surface area contributed by atoms with E-state index in [1.807, 2.05) is 0 Å². The van der Waals surface area contributed by atoms with Gasteiger partial charge in [0.05, 0.1) is 4.83 Å². The Kier molecular flexibility index (Phi) is 4.21. The highest BCUT2D eigenvalue weighted by molar-refractivity contribution is 9.10. The molecule has 1 fully saturated rings. The van der Waals surface area contributed by atoms with Gasteiger partial charge in [-0.15, -0.1) is 0 Å². The van der Waals surface area contributed by atoms with Gasteiger partial charge in [-0.25, -0.2) is 0 Å². The molecule has 0 heterocycles. The first kappa shape index (κ1) is 13.0.